The quantitative estimate of drug-likeness (QED) is 0.444. The number of amides is 2. The van der Waals surface area contributed by atoms with Crippen molar-refractivity contribution in [1.29, 1.82) is 0 Å². The summed E-state index contributed by atoms with van der Waals surface area (Å²) < 4.78 is 0. The molecule has 0 aliphatic heterocycles. The summed E-state index contributed by atoms with van der Waals surface area (Å²) in [5, 5.41) is 7.21. The Balaban J connectivity index is 1.14. The molecule has 6 nitrogen and oxygen atoms in total. The number of nitrogens with two attached hydrogens (primary N) is 1. The van der Waals surface area contributed by atoms with Crippen LogP contribution in [0.15, 0.2) is 42.7 Å². The van der Waals surface area contributed by atoms with Crippen molar-refractivity contribution in [3.8, 4) is 0 Å². The molecule has 38 heavy (non-hydrogen) atoms. The Morgan fingerprint density at radius 1 is 1.08 bits per heavy atom. The minimum Gasteiger partial charge on any atom is -0.354 e. The number of anilines is 1. The van der Waals surface area contributed by atoms with Crippen molar-refractivity contribution >= 4 is 29.1 Å². The van der Waals surface area contributed by atoms with Gasteiger partial charge in [0.1, 0.15) is 0 Å². The number of halogens is 1. The average Bonchev–Trinajstić information content (AvgIpc) is 3.37. The molecule has 4 bridgehead atoms. The number of rotatable bonds is 7. The van der Waals surface area contributed by atoms with Crippen molar-refractivity contribution in [1.82, 2.24) is 10.3 Å². The molecule has 1 aromatic heterocycles. The lowest BCUT2D eigenvalue weighted by molar-refractivity contribution is -0.151. The largest absolute Gasteiger partial charge is 0.354 e. The number of pyridine rings is 1. The number of hydrogen-bond acceptors (Lipinski definition) is 4. The summed E-state index contributed by atoms with van der Waals surface area (Å²) in [6.45, 7) is 2.63. The van der Waals surface area contributed by atoms with Crippen LogP contribution < -0.4 is 16.4 Å². The van der Waals surface area contributed by atoms with Gasteiger partial charge in [-0.3, -0.25) is 14.6 Å². The zero-order chi connectivity index (χ0) is 26.5. The Bertz CT molecular complexity index is 1200. The third-order valence-electron chi connectivity index (χ3n) is 10.3. The lowest BCUT2D eigenvalue weighted by Gasteiger charge is -2.60. The van der Waals surface area contributed by atoms with Crippen molar-refractivity contribution < 1.29 is 9.59 Å². The molecule has 4 N–H and O–H groups in total. The van der Waals surface area contributed by atoms with Crippen LogP contribution in [0.2, 0.25) is 5.02 Å². The highest BCUT2D eigenvalue weighted by Gasteiger charge is 2.60. The van der Waals surface area contributed by atoms with E-state index in [2.05, 4.69) is 34.7 Å². The lowest BCUT2D eigenvalue weighted by Crippen LogP contribution is -2.61. The van der Waals surface area contributed by atoms with Gasteiger partial charge in [0.25, 0.3) is 0 Å². The maximum absolute atomic E-state index is 13.5. The fourth-order valence-corrected chi connectivity index (χ4v) is 9.25. The molecular formula is C31H39ClN4O2. The van der Waals surface area contributed by atoms with E-state index in [0.29, 0.717) is 24.3 Å². The number of carbonyl (C=O) groups is 2. The first-order chi connectivity index (χ1) is 18.3. The molecule has 5 fully saturated rings. The second-order valence-electron chi connectivity index (χ2n) is 12.7. The van der Waals surface area contributed by atoms with Crippen molar-refractivity contribution in [2.75, 3.05) is 11.9 Å². The van der Waals surface area contributed by atoms with Gasteiger partial charge in [-0.1, -0.05) is 36.6 Å². The minimum absolute atomic E-state index is 0.0488. The molecule has 5 aliphatic rings. The summed E-state index contributed by atoms with van der Waals surface area (Å²) in [6.07, 6.45) is 12.5. The van der Waals surface area contributed by atoms with Crippen LogP contribution in [0.1, 0.15) is 68.9 Å². The topological polar surface area (TPSA) is 97.1 Å². The number of nitrogens with zero attached hydrogens (tertiary/aromatic N) is 1. The van der Waals surface area contributed by atoms with Crippen LogP contribution in [0.4, 0.5) is 5.69 Å². The minimum atomic E-state index is -0.544. The lowest BCUT2D eigenvalue weighted by atomic mass is 9.45. The predicted octanol–water partition coefficient (Wildman–Crippen LogP) is 5.38. The molecular weight excluding hydrogens is 496 g/mol. The van der Waals surface area contributed by atoms with Crippen LogP contribution in [-0.4, -0.2) is 29.4 Å². The standard InChI is InChI=1S/C31H39ClN4O2/c1-19-4-5-24(25(32)12-19)30(8-2-3-9-30)18-35-28(37)27(33)26-21-13-20-14-22(26)17-31(15-20,16-21)29(38)36-23-6-10-34-11-7-23/h4-7,10-12,20-22,26-27H,2-3,8-9,13-18,33H2,1H3,(H,35,37)(H,34,36,38). The van der Waals surface area contributed by atoms with Gasteiger partial charge in [-0.2, -0.15) is 0 Å². The van der Waals surface area contributed by atoms with Crippen molar-refractivity contribution in [2.24, 2.45) is 34.8 Å². The first kappa shape index (κ1) is 25.8. The maximum Gasteiger partial charge on any atom is 0.237 e. The Kier molecular flexibility index (Phi) is 6.76. The van der Waals surface area contributed by atoms with Crippen molar-refractivity contribution in [3.05, 3.63) is 58.9 Å². The van der Waals surface area contributed by atoms with Crippen LogP contribution in [0.25, 0.3) is 0 Å². The van der Waals surface area contributed by atoms with Crippen LogP contribution >= 0.6 is 11.6 Å². The van der Waals surface area contributed by atoms with E-state index >= 15 is 0 Å². The smallest absolute Gasteiger partial charge is 0.237 e. The van der Waals surface area contributed by atoms with E-state index in [1.807, 2.05) is 18.2 Å². The number of aromatic nitrogens is 1. The van der Waals surface area contributed by atoms with Gasteiger partial charge in [0.15, 0.2) is 0 Å². The highest BCUT2D eigenvalue weighted by Crippen LogP contribution is 2.63. The highest BCUT2D eigenvalue weighted by atomic mass is 35.5. The molecule has 5 aliphatic carbocycles. The molecule has 5 saturated carbocycles. The number of hydrogen-bond donors (Lipinski definition) is 3. The summed E-state index contributed by atoms with van der Waals surface area (Å²) in [4.78, 5) is 31.1. The predicted molar refractivity (Wildman–Crippen MR) is 150 cm³/mol. The molecule has 0 saturated heterocycles. The van der Waals surface area contributed by atoms with E-state index in [4.69, 9.17) is 17.3 Å². The van der Waals surface area contributed by atoms with E-state index in [9.17, 15) is 9.59 Å². The van der Waals surface area contributed by atoms with Crippen LogP contribution in [-0.2, 0) is 15.0 Å². The third-order valence-corrected chi connectivity index (χ3v) is 10.7. The molecule has 3 atom stereocenters. The van der Waals surface area contributed by atoms with Gasteiger partial charge in [0, 0.05) is 35.1 Å². The second kappa shape index (κ2) is 9.95. The van der Waals surface area contributed by atoms with Crippen molar-refractivity contribution in [2.45, 2.75) is 76.2 Å². The summed E-state index contributed by atoms with van der Waals surface area (Å²) in [7, 11) is 0. The fraction of sp³-hybridized carbons (Fsp3) is 0.581. The van der Waals surface area contributed by atoms with Crippen molar-refractivity contribution in [3.63, 3.8) is 0 Å². The third kappa shape index (κ3) is 4.54. The zero-order valence-corrected chi connectivity index (χ0v) is 23.0. The van der Waals surface area contributed by atoms with Gasteiger partial charge in [0.05, 0.1) is 11.5 Å². The zero-order valence-electron chi connectivity index (χ0n) is 22.2. The first-order valence-corrected chi connectivity index (χ1v) is 14.7. The molecule has 202 valence electrons. The molecule has 0 spiro atoms. The monoisotopic (exact) mass is 534 g/mol. The normalized spacial score (nSPS) is 31.7. The molecule has 2 amide bonds. The van der Waals surface area contributed by atoms with E-state index < -0.39 is 6.04 Å². The van der Waals surface area contributed by atoms with Gasteiger partial charge in [-0.25, -0.2) is 0 Å². The van der Waals surface area contributed by atoms with E-state index in [1.165, 1.54) is 0 Å². The maximum atomic E-state index is 13.5. The SMILES string of the molecule is Cc1ccc(C2(CNC(=O)C(N)C3C4CC5CC3CC(C(=O)Nc3ccncc3)(C5)C4)CCCC2)c(Cl)c1. The molecule has 2 aromatic rings. The molecule has 3 unspecified atom stereocenters. The molecule has 7 rings (SSSR count). The Morgan fingerprint density at radius 2 is 1.76 bits per heavy atom. The average molecular weight is 535 g/mol. The summed E-state index contributed by atoms with van der Waals surface area (Å²) in [5.74, 6) is 1.39. The summed E-state index contributed by atoms with van der Waals surface area (Å²) >= 11 is 6.70. The van der Waals surface area contributed by atoms with Gasteiger partial charge in [0.2, 0.25) is 11.8 Å². The van der Waals surface area contributed by atoms with Gasteiger partial charge in [-0.05, 0) is 105 Å². The Hall–Kier alpha value is -2.44. The Labute approximate surface area is 230 Å². The van der Waals surface area contributed by atoms with E-state index in [1.54, 1.807) is 12.4 Å². The summed E-state index contributed by atoms with van der Waals surface area (Å²) in [6, 6.07) is 9.41. The van der Waals surface area contributed by atoms with Crippen LogP contribution in [0.3, 0.4) is 0 Å². The number of nitrogens with one attached hydrogen (secondary N) is 2. The number of carbonyl (C=O) groups excluding carboxylic acids is 2. The van der Waals surface area contributed by atoms with Gasteiger partial charge in [-0.15, -0.1) is 0 Å². The highest BCUT2D eigenvalue weighted by molar-refractivity contribution is 6.31. The molecule has 7 heteroatoms. The van der Waals surface area contributed by atoms with Crippen LogP contribution in [0, 0.1) is 36.0 Å². The number of benzene rings is 1. The van der Waals surface area contributed by atoms with Gasteiger partial charge < -0.3 is 16.4 Å². The summed E-state index contributed by atoms with van der Waals surface area (Å²) in [5.41, 5.74) is 9.37. The fourth-order valence-electron chi connectivity index (χ4n) is 8.82. The van der Waals surface area contributed by atoms with E-state index in [0.717, 1.165) is 79.6 Å². The number of aryl methyl sites for hydroxylation is 1. The molecule has 1 aromatic carbocycles. The first-order valence-electron chi connectivity index (χ1n) is 14.3. The van der Waals surface area contributed by atoms with E-state index in [-0.39, 0.29) is 28.6 Å². The van der Waals surface area contributed by atoms with Gasteiger partial charge >= 0.3 is 0 Å². The molecule has 1 heterocycles. The molecule has 0 radical (unpaired) electrons. The Morgan fingerprint density at radius 3 is 2.42 bits per heavy atom. The van der Waals surface area contributed by atoms with Crippen LogP contribution in [0.5, 0.6) is 0 Å². The second-order valence-corrected chi connectivity index (χ2v) is 13.1.